The molecule has 1 unspecified atom stereocenters. The number of anilines is 1. The molecule has 0 saturated carbocycles. The van der Waals surface area contributed by atoms with Crippen molar-refractivity contribution in [3.8, 4) is 5.75 Å². The first-order valence-electron chi connectivity index (χ1n) is 7.93. The summed E-state index contributed by atoms with van der Waals surface area (Å²) < 4.78 is 26.1. The van der Waals surface area contributed by atoms with E-state index in [0.29, 0.717) is 17.1 Å². The second-order valence-electron chi connectivity index (χ2n) is 5.50. The van der Waals surface area contributed by atoms with Crippen molar-refractivity contribution in [2.45, 2.75) is 6.10 Å². The zero-order valence-corrected chi connectivity index (χ0v) is 15.3. The van der Waals surface area contributed by atoms with Crippen LogP contribution in [0.2, 0.25) is 0 Å². The van der Waals surface area contributed by atoms with Gasteiger partial charge < -0.3 is 19.7 Å². The Hall–Kier alpha value is -3.60. The molecule has 4 aromatic rings. The largest absolute Gasteiger partial charge is 0.472 e. The van der Waals surface area contributed by atoms with Gasteiger partial charge in [0.2, 0.25) is 12.5 Å². The highest BCUT2D eigenvalue weighted by Crippen LogP contribution is 2.36. The number of rotatable bonds is 6. The molecule has 0 aliphatic heterocycles. The van der Waals surface area contributed by atoms with Gasteiger partial charge in [-0.25, -0.2) is 9.37 Å². The number of ether oxygens (including phenoxy) is 1. The molecule has 0 fully saturated rings. The molecule has 142 valence electrons. The van der Waals surface area contributed by atoms with Crippen molar-refractivity contribution in [2.75, 3.05) is 12.8 Å². The number of nitrogens with zero attached hydrogens (tertiary/aromatic N) is 5. The molecule has 0 amide bonds. The zero-order valence-electron chi connectivity index (χ0n) is 14.4. The minimum Gasteiger partial charge on any atom is -0.472 e. The van der Waals surface area contributed by atoms with E-state index in [0.717, 1.165) is 22.8 Å². The van der Waals surface area contributed by atoms with Gasteiger partial charge in [-0.1, -0.05) is 5.16 Å². The molecule has 28 heavy (non-hydrogen) atoms. The van der Waals surface area contributed by atoms with E-state index in [2.05, 4.69) is 30.2 Å². The van der Waals surface area contributed by atoms with Crippen LogP contribution >= 0.6 is 11.3 Å². The standard InChI is InChI=1S/C17H13FN6O3S/c1-25-23-5-9-4-12(20-6-10(9)18)15(17-24-22-7-26-17)27-13-3-2-11-16(14(13)19)28-8-21-11/h2-8,15H,19H2,1H3/b23-5+. The smallest absolute Gasteiger partial charge is 0.263 e. The molecule has 0 spiro atoms. The number of aromatic nitrogens is 4. The topological polar surface area (TPSA) is 122 Å². The van der Waals surface area contributed by atoms with Gasteiger partial charge >= 0.3 is 0 Å². The summed E-state index contributed by atoms with van der Waals surface area (Å²) in [5.74, 6) is -0.0462. The number of nitrogen functional groups attached to an aromatic ring is 1. The van der Waals surface area contributed by atoms with Gasteiger partial charge in [0.1, 0.15) is 18.7 Å². The van der Waals surface area contributed by atoms with Gasteiger partial charge in [-0.15, -0.1) is 21.5 Å². The number of hydrogen-bond donors (Lipinski definition) is 1. The summed E-state index contributed by atoms with van der Waals surface area (Å²) in [6, 6.07) is 4.93. The molecule has 0 aliphatic rings. The molecule has 1 atom stereocenters. The van der Waals surface area contributed by atoms with Gasteiger partial charge in [0.25, 0.3) is 5.89 Å². The van der Waals surface area contributed by atoms with Crippen LogP contribution in [-0.4, -0.2) is 33.5 Å². The molecule has 3 aromatic heterocycles. The maximum absolute atomic E-state index is 14.0. The monoisotopic (exact) mass is 400 g/mol. The SMILES string of the molecule is CO/N=C/c1cc(C(Oc2ccc3ncsc3c2N)c2nnco2)ncc1F. The van der Waals surface area contributed by atoms with Crippen molar-refractivity contribution in [1.29, 1.82) is 0 Å². The van der Waals surface area contributed by atoms with Gasteiger partial charge in [0, 0.05) is 5.56 Å². The van der Waals surface area contributed by atoms with E-state index in [1.165, 1.54) is 30.7 Å². The Morgan fingerprint density at radius 1 is 1.36 bits per heavy atom. The maximum atomic E-state index is 14.0. The molecule has 11 heteroatoms. The van der Waals surface area contributed by atoms with Crippen LogP contribution in [0.5, 0.6) is 5.75 Å². The Balaban J connectivity index is 1.76. The van der Waals surface area contributed by atoms with Crippen molar-refractivity contribution in [2.24, 2.45) is 5.16 Å². The average molecular weight is 400 g/mol. The van der Waals surface area contributed by atoms with E-state index in [1.54, 1.807) is 17.6 Å². The van der Waals surface area contributed by atoms with Crippen molar-refractivity contribution in [3.63, 3.8) is 0 Å². The van der Waals surface area contributed by atoms with Crippen LogP contribution in [0.3, 0.4) is 0 Å². The molecule has 0 aliphatic carbocycles. The van der Waals surface area contributed by atoms with Crippen LogP contribution in [-0.2, 0) is 4.84 Å². The van der Waals surface area contributed by atoms with E-state index in [-0.39, 0.29) is 11.5 Å². The molecule has 4 rings (SSSR count). The van der Waals surface area contributed by atoms with E-state index in [1.807, 2.05) is 0 Å². The van der Waals surface area contributed by atoms with Gasteiger partial charge in [-0.2, -0.15) is 0 Å². The van der Waals surface area contributed by atoms with Crippen LogP contribution in [0.4, 0.5) is 10.1 Å². The highest BCUT2D eigenvalue weighted by Gasteiger charge is 2.25. The number of nitrogens with two attached hydrogens (primary N) is 1. The summed E-state index contributed by atoms with van der Waals surface area (Å²) in [6.07, 6.45) is 2.53. The second kappa shape index (κ2) is 7.56. The number of thiazole rings is 1. The third-order valence-electron chi connectivity index (χ3n) is 3.82. The Labute approximate surface area is 161 Å². The number of halogens is 1. The molecule has 0 radical (unpaired) electrons. The molecular formula is C17H13FN6O3S. The van der Waals surface area contributed by atoms with Crippen molar-refractivity contribution < 1.29 is 18.4 Å². The summed E-state index contributed by atoms with van der Waals surface area (Å²) in [4.78, 5) is 12.9. The van der Waals surface area contributed by atoms with Crippen molar-refractivity contribution in [1.82, 2.24) is 20.2 Å². The van der Waals surface area contributed by atoms with Gasteiger partial charge in [-0.05, 0) is 18.2 Å². The summed E-state index contributed by atoms with van der Waals surface area (Å²) >= 11 is 1.40. The van der Waals surface area contributed by atoms with Gasteiger partial charge in [-0.3, -0.25) is 4.98 Å². The van der Waals surface area contributed by atoms with E-state index < -0.39 is 11.9 Å². The molecule has 9 nitrogen and oxygen atoms in total. The van der Waals surface area contributed by atoms with Crippen LogP contribution in [0, 0.1) is 5.82 Å². The van der Waals surface area contributed by atoms with E-state index in [9.17, 15) is 4.39 Å². The van der Waals surface area contributed by atoms with Crippen LogP contribution in [0.25, 0.3) is 10.2 Å². The molecule has 2 N–H and O–H groups in total. The third-order valence-corrected chi connectivity index (χ3v) is 4.69. The number of pyridine rings is 1. The first kappa shape index (κ1) is 17.8. The molecule has 1 aromatic carbocycles. The number of hydrogen-bond acceptors (Lipinski definition) is 10. The summed E-state index contributed by atoms with van der Waals surface area (Å²) in [5.41, 5.74) is 9.60. The molecular weight excluding hydrogens is 387 g/mol. The normalized spacial score (nSPS) is 12.5. The van der Waals surface area contributed by atoms with Crippen LogP contribution in [0.1, 0.15) is 23.3 Å². The number of fused-ring (bicyclic) bond motifs is 1. The Bertz CT molecular complexity index is 1130. The van der Waals surface area contributed by atoms with Gasteiger partial charge in [0.15, 0.2) is 0 Å². The van der Waals surface area contributed by atoms with E-state index >= 15 is 0 Å². The van der Waals surface area contributed by atoms with E-state index in [4.69, 9.17) is 14.9 Å². The number of oxime groups is 1. The highest BCUT2D eigenvalue weighted by molar-refractivity contribution is 7.17. The fourth-order valence-electron chi connectivity index (χ4n) is 2.52. The predicted octanol–water partition coefficient (Wildman–Crippen LogP) is 2.94. The Kier molecular flexibility index (Phi) is 4.81. The maximum Gasteiger partial charge on any atom is 0.263 e. The summed E-state index contributed by atoms with van der Waals surface area (Å²) in [6.45, 7) is 0. The minimum absolute atomic E-state index is 0.137. The van der Waals surface area contributed by atoms with Gasteiger partial charge in [0.05, 0.1) is 39.5 Å². The fraction of sp³-hybridized carbons (Fsp3) is 0.118. The zero-order chi connectivity index (χ0) is 19.5. The minimum atomic E-state index is -0.912. The lowest BCUT2D eigenvalue weighted by molar-refractivity contribution is 0.204. The average Bonchev–Trinajstić information content (AvgIpc) is 3.39. The molecule has 0 bridgehead atoms. The predicted molar refractivity (Wildman–Crippen MR) is 99.6 cm³/mol. The third kappa shape index (κ3) is 3.34. The highest BCUT2D eigenvalue weighted by atomic mass is 32.1. The summed E-state index contributed by atoms with van der Waals surface area (Å²) in [7, 11) is 1.36. The van der Waals surface area contributed by atoms with Crippen LogP contribution < -0.4 is 10.5 Å². The quantitative estimate of drug-likeness (QED) is 0.298. The lowest BCUT2D eigenvalue weighted by Gasteiger charge is -2.17. The lowest BCUT2D eigenvalue weighted by Crippen LogP contribution is -2.14. The molecule has 3 heterocycles. The Morgan fingerprint density at radius 2 is 2.25 bits per heavy atom. The summed E-state index contributed by atoms with van der Waals surface area (Å²) in [5, 5.41) is 11.2. The van der Waals surface area contributed by atoms with Crippen LogP contribution in [0.15, 0.2) is 45.9 Å². The lowest BCUT2D eigenvalue weighted by atomic mass is 10.1. The Morgan fingerprint density at radius 3 is 3.04 bits per heavy atom. The number of benzene rings is 1. The fourth-order valence-corrected chi connectivity index (χ4v) is 3.26. The first-order chi connectivity index (χ1) is 13.7. The van der Waals surface area contributed by atoms with Crippen molar-refractivity contribution >= 4 is 33.5 Å². The first-order valence-corrected chi connectivity index (χ1v) is 8.81. The molecule has 0 saturated heterocycles. The second-order valence-corrected chi connectivity index (χ2v) is 6.36. The van der Waals surface area contributed by atoms with Crippen molar-refractivity contribution in [3.05, 3.63) is 59.3 Å².